The van der Waals surface area contributed by atoms with E-state index in [0.717, 1.165) is 19.3 Å². The molecule has 0 radical (unpaired) electrons. The molecule has 96 valence electrons. The van der Waals surface area contributed by atoms with Crippen molar-refractivity contribution in [2.45, 2.75) is 72.9 Å². The highest BCUT2D eigenvalue weighted by Gasteiger charge is 2.55. The van der Waals surface area contributed by atoms with Crippen LogP contribution in [0.15, 0.2) is 0 Å². The summed E-state index contributed by atoms with van der Waals surface area (Å²) in [6.45, 7) is 13.7. The maximum absolute atomic E-state index is 6.54. The molecule has 4 atom stereocenters. The highest BCUT2D eigenvalue weighted by molar-refractivity contribution is 5.11. The fourth-order valence-electron chi connectivity index (χ4n) is 3.93. The third kappa shape index (κ3) is 1.80. The first-order chi connectivity index (χ1) is 7.14. The Bertz CT molecular complexity index is 261. The van der Waals surface area contributed by atoms with E-state index in [1.807, 2.05) is 0 Å². The van der Waals surface area contributed by atoms with Gasteiger partial charge in [-0.1, -0.05) is 41.5 Å². The summed E-state index contributed by atoms with van der Waals surface area (Å²) in [5, 5.41) is 0. The van der Waals surface area contributed by atoms with Crippen LogP contribution in [0.5, 0.6) is 0 Å². The van der Waals surface area contributed by atoms with Crippen LogP contribution in [0, 0.1) is 16.2 Å². The van der Waals surface area contributed by atoms with Crippen LogP contribution in [0.3, 0.4) is 0 Å². The van der Waals surface area contributed by atoms with Gasteiger partial charge in [0.2, 0.25) is 0 Å². The SMILES string of the molecule is CCC1(C)CC(C)(C)C(N)C(C)(CC)C1N. The molecule has 0 aromatic carbocycles. The van der Waals surface area contributed by atoms with E-state index < -0.39 is 0 Å². The molecule has 0 aromatic heterocycles. The number of rotatable bonds is 2. The van der Waals surface area contributed by atoms with Crippen molar-refractivity contribution in [2.75, 3.05) is 0 Å². The zero-order chi connectivity index (χ0) is 12.8. The summed E-state index contributed by atoms with van der Waals surface area (Å²) in [5.41, 5.74) is 13.5. The Morgan fingerprint density at radius 3 is 1.81 bits per heavy atom. The predicted molar refractivity (Wildman–Crippen MR) is 71.1 cm³/mol. The molecule has 16 heavy (non-hydrogen) atoms. The quantitative estimate of drug-likeness (QED) is 0.760. The van der Waals surface area contributed by atoms with Gasteiger partial charge in [0, 0.05) is 12.1 Å². The second kappa shape index (κ2) is 3.99. The first-order valence-corrected chi connectivity index (χ1v) is 6.65. The largest absolute Gasteiger partial charge is 0.327 e. The van der Waals surface area contributed by atoms with Gasteiger partial charge in [-0.25, -0.2) is 0 Å². The van der Waals surface area contributed by atoms with Gasteiger partial charge in [0.25, 0.3) is 0 Å². The lowest BCUT2D eigenvalue weighted by Gasteiger charge is -2.60. The Morgan fingerprint density at radius 1 is 0.938 bits per heavy atom. The fourth-order valence-corrected chi connectivity index (χ4v) is 3.93. The number of hydrogen-bond acceptors (Lipinski definition) is 2. The van der Waals surface area contributed by atoms with Crippen LogP contribution in [0.25, 0.3) is 0 Å². The Hall–Kier alpha value is -0.0800. The lowest BCUT2D eigenvalue weighted by molar-refractivity contribution is -0.0520. The van der Waals surface area contributed by atoms with E-state index in [0.29, 0.717) is 0 Å². The minimum Gasteiger partial charge on any atom is -0.327 e. The van der Waals surface area contributed by atoms with Crippen LogP contribution >= 0.6 is 0 Å². The summed E-state index contributed by atoms with van der Waals surface area (Å²) in [7, 11) is 0. The van der Waals surface area contributed by atoms with Crippen LogP contribution in [0.1, 0.15) is 60.8 Å². The predicted octanol–water partition coefficient (Wildman–Crippen LogP) is 2.90. The lowest BCUT2D eigenvalue weighted by Crippen LogP contribution is -2.67. The summed E-state index contributed by atoms with van der Waals surface area (Å²) < 4.78 is 0. The second-order valence-corrected chi connectivity index (χ2v) is 6.99. The summed E-state index contributed by atoms with van der Waals surface area (Å²) in [6.07, 6.45) is 3.34. The molecule has 0 aliphatic heterocycles. The van der Waals surface area contributed by atoms with Crippen molar-refractivity contribution in [2.24, 2.45) is 27.7 Å². The maximum Gasteiger partial charge on any atom is 0.0162 e. The monoisotopic (exact) mass is 226 g/mol. The van der Waals surface area contributed by atoms with Gasteiger partial charge in [-0.3, -0.25) is 0 Å². The van der Waals surface area contributed by atoms with Gasteiger partial charge >= 0.3 is 0 Å². The van der Waals surface area contributed by atoms with E-state index >= 15 is 0 Å². The van der Waals surface area contributed by atoms with Crippen LogP contribution in [-0.2, 0) is 0 Å². The van der Waals surface area contributed by atoms with Crippen molar-refractivity contribution in [1.82, 2.24) is 0 Å². The van der Waals surface area contributed by atoms with Crippen molar-refractivity contribution in [1.29, 1.82) is 0 Å². The molecule has 0 spiro atoms. The van der Waals surface area contributed by atoms with Crippen molar-refractivity contribution in [3.8, 4) is 0 Å². The molecule has 2 heteroatoms. The van der Waals surface area contributed by atoms with Crippen LogP contribution in [-0.4, -0.2) is 12.1 Å². The summed E-state index contributed by atoms with van der Waals surface area (Å²) in [4.78, 5) is 0. The molecule has 0 bridgehead atoms. The highest BCUT2D eigenvalue weighted by atomic mass is 14.9. The molecule has 0 amide bonds. The topological polar surface area (TPSA) is 52.0 Å². The molecule has 0 aromatic rings. The average Bonchev–Trinajstić information content (AvgIpc) is 2.23. The van der Waals surface area contributed by atoms with Gasteiger partial charge < -0.3 is 11.5 Å². The first-order valence-electron chi connectivity index (χ1n) is 6.65. The smallest absolute Gasteiger partial charge is 0.0162 e. The van der Waals surface area contributed by atoms with Gasteiger partial charge in [0.15, 0.2) is 0 Å². The third-order valence-electron chi connectivity index (χ3n) is 5.44. The zero-order valence-corrected chi connectivity index (χ0v) is 11.9. The molecule has 0 heterocycles. The normalized spacial score (nSPS) is 48.0. The van der Waals surface area contributed by atoms with Crippen LogP contribution < -0.4 is 11.5 Å². The maximum atomic E-state index is 6.54. The van der Waals surface area contributed by atoms with Crippen LogP contribution in [0.2, 0.25) is 0 Å². The zero-order valence-electron chi connectivity index (χ0n) is 11.9. The number of hydrogen-bond donors (Lipinski definition) is 2. The van der Waals surface area contributed by atoms with Crippen molar-refractivity contribution < 1.29 is 0 Å². The molecule has 1 saturated carbocycles. The van der Waals surface area contributed by atoms with E-state index in [4.69, 9.17) is 11.5 Å². The molecular weight excluding hydrogens is 196 g/mol. The molecule has 0 saturated heterocycles. The molecule has 1 rings (SSSR count). The Balaban J connectivity index is 3.19. The van der Waals surface area contributed by atoms with Gasteiger partial charge in [-0.05, 0) is 35.5 Å². The van der Waals surface area contributed by atoms with Gasteiger partial charge in [-0.2, -0.15) is 0 Å². The Labute approximate surface area is 101 Å². The minimum atomic E-state index is 0.0620. The second-order valence-electron chi connectivity index (χ2n) is 6.99. The molecule has 1 aliphatic carbocycles. The molecular formula is C14H30N2. The fraction of sp³-hybridized carbons (Fsp3) is 1.00. The molecule has 1 aliphatic rings. The third-order valence-corrected chi connectivity index (χ3v) is 5.44. The van der Waals surface area contributed by atoms with E-state index in [1.54, 1.807) is 0 Å². The van der Waals surface area contributed by atoms with Crippen LogP contribution in [0.4, 0.5) is 0 Å². The van der Waals surface area contributed by atoms with Gasteiger partial charge in [-0.15, -0.1) is 0 Å². The van der Waals surface area contributed by atoms with Gasteiger partial charge in [0.1, 0.15) is 0 Å². The summed E-state index contributed by atoms with van der Waals surface area (Å²) in [5.74, 6) is 0. The number of nitrogens with two attached hydrogens (primary N) is 2. The van der Waals surface area contributed by atoms with Gasteiger partial charge in [0.05, 0.1) is 0 Å². The van der Waals surface area contributed by atoms with Crippen molar-refractivity contribution in [3.05, 3.63) is 0 Å². The molecule has 2 nitrogen and oxygen atoms in total. The highest BCUT2D eigenvalue weighted by Crippen LogP contribution is 2.55. The first kappa shape index (κ1) is 14.0. The Kier molecular flexibility index (Phi) is 3.49. The standard InChI is InChI=1S/C14H30N2/c1-7-13(5)9-12(3,4)10(15)14(6,8-2)11(13)16/h10-11H,7-9,15-16H2,1-6H3. The Morgan fingerprint density at radius 2 is 1.44 bits per heavy atom. The molecule has 4 N–H and O–H groups in total. The summed E-state index contributed by atoms with van der Waals surface area (Å²) >= 11 is 0. The van der Waals surface area contributed by atoms with E-state index in [9.17, 15) is 0 Å². The van der Waals surface area contributed by atoms with E-state index in [2.05, 4.69) is 41.5 Å². The summed E-state index contributed by atoms with van der Waals surface area (Å²) in [6, 6.07) is 0.401. The van der Waals surface area contributed by atoms with Crippen molar-refractivity contribution in [3.63, 3.8) is 0 Å². The minimum absolute atomic E-state index is 0.0620. The molecule has 1 fully saturated rings. The van der Waals surface area contributed by atoms with E-state index in [-0.39, 0.29) is 28.3 Å². The van der Waals surface area contributed by atoms with Crippen molar-refractivity contribution >= 4 is 0 Å². The van der Waals surface area contributed by atoms with E-state index in [1.165, 1.54) is 0 Å². The molecule has 4 unspecified atom stereocenters. The average molecular weight is 226 g/mol. The lowest BCUT2D eigenvalue weighted by atomic mass is 9.49.